The van der Waals surface area contributed by atoms with Crippen molar-refractivity contribution in [3.05, 3.63) is 53.6 Å². The lowest BCUT2D eigenvalue weighted by atomic mass is 10.0. The van der Waals surface area contributed by atoms with Gasteiger partial charge in [0.1, 0.15) is 0 Å². The summed E-state index contributed by atoms with van der Waals surface area (Å²) >= 11 is 1.82. The quantitative estimate of drug-likeness (QED) is 0.720. The molecule has 0 N–H and O–H groups in total. The number of fused-ring (bicyclic) bond motifs is 1. The zero-order valence-corrected chi connectivity index (χ0v) is 14.9. The predicted molar refractivity (Wildman–Crippen MR) is 96.0 cm³/mol. The molecule has 0 spiro atoms. The van der Waals surface area contributed by atoms with Crippen LogP contribution in [-0.2, 0) is 6.18 Å². The largest absolute Gasteiger partial charge is 0.454 e. The Hall–Kier alpha value is -2.02. The average molecular weight is 381 g/mol. The molecular weight excluding hydrogens is 363 g/mol. The number of nitrogens with zero attached hydrogens (tertiary/aromatic N) is 1. The molecule has 26 heavy (non-hydrogen) atoms. The van der Waals surface area contributed by atoms with E-state index in [1.807, 2.05) is 30.0 Å². The number of hydrogen-bond acceptors (Lipinski definition) is 4. The molecule has 7 heteroatoms. The van der Waals surface area contributed by atoms with Crippen LogP contribution in [0.25, 0.3) is 0 Å². The van der Waals surface area contributed by atoms with E-state index in [1.54, 1.807) is 12.1 Å². The molecule has 2 unspecified atom stereocenters. The highest BCUT2D eigenvalue weighted by atomic mass is 32.2. The van der Waals surface area contributed by atoms with Crippen molar-refractivity contribution in [2.24, 2.45) is 0 Å². The molecule has 0 bridgehead atoms. The van der Waals surface area contributed by atoms with E-state index in [-0.39, 0.29) is 18.9 Å². The fourth-order valence-corrected chi connectivity index (χ4v) is 4.66. The van der Waals surface area contributed by atoms with Gasteiger partial charge in [0.25, 0.3) is 0 Å². The molecule has 2 aliphatic rings. The Morgan fingerprint density at radius 3 is 2.46 bits per heavy atom. The third kappa shape index (κ3) is 3.20. The molecule has 1 saturated heterocycles. The summed E-state index contributed by atoms with van der Waals surface area (Å²) in [4.78, 5) is 2.26. The molecule has 2 aliphatic heterocycles. The molecule has 4 rings (SSSR count). The van der Waals surface area contributed by atoms with Crippen LogP contribution in [-0.4, -0.2) is 24.3 Å². The van der Waals surface area contributed by atoms with Gasteiger partial charge in [-0.2, -0.15) is 24.9 Å². The van der Waals surface area contributed by atoms with Crippen LogP contribution in [0.4, 0.5) is 18.9 Å². The fraction of sp³-hybridized carbons (Fsp3) is 0.368. The van der Waals surface area contributed by atoms with E-state index in [0.29, 0.717) is 5.75 Å². The van der Waals surface area contributed by atoms with Crippen LogP contribution < -0.4 is 14.4 Å². The topological polar surface area (TPSA) is 21.7 Å². The first kappa shape index (κ1) is 17.4. The van der Waals surface area contributed by atoms with E-state index in [4.69, 9.17) is 9.47 Å². The van der Waals surface area contributed by atoms with Gasteiger partial charge in [-0.25, -0.2) is 0 Å². The van der Waals surface area contributed by atoms with Gasteiger partial charge < -0.3 is 14.4 Å². The lowest BCUT2D eigenvalue weighted by Gasteiger charge is -2.42. The van der Waals surface area contributed by atoms with E-state index in [1.165, 1.54) is 0 Å². The van der Waals surface area contributed by atoms with Crippen LogP contribution in [0.5, 0.6) is 11.5 Å². The lowest BCUT2D eigenvalue weighted by molar-refractivity contribution is -0.137. The predicted octanol–water partition coefficient (Wildman–Crippen LogP) is 5.12. The molecular formula is C19H18F3NO2S. The molecule has 0 aliphatic carbocycles. The molecule has 0 radical (unpaired) electrons. The molecule has 2 atom stereocenters. The Kier molecular flexibility index (Phi) is 4.42. The van der Waals surface area contributed by atoms with E-state index in [0.717, 1.165) is 40.6 Å². The Morgan fingerprint density at radius 1 is 1.00 bits per heavy atom. The third-order valence-electron chi connectivity index (χ3n) is 4.72. The van der Waals surface area contributed by atoms with Crippen molar-refractivity contribution < 1.29 is 22.6 Å². The van der Waals surface area contributed by atoms with Gasteiger partial charge in [-0.3, -0.25) is 0 Å². The fourth-order valence-electron chi connectivity index (χ4n) is 3.45. The van der Waals surface area contributed by atoms with Crippen molar-refractivity contribution in [2.75, 3.05) is 23.2 Å². The van der Waals surface area contributed by atoms with Crippen molar-refractivity contribution in [3.63, 3.8) is 0 Å². The zero-order valence-electron chi connectivity index (χ0n) is 14.1. The summed E-state index contributed by atoms with van der Waals surface area (Å²) in [5.74, 6) is 3.22. The summed E-state index contributed by atoms with van der Waals surface area (Å²) in [5.41, 5.74) is 1.26. The van der Waals surface area contributed by atoms with Crippen LogP contribution >= 0.6 is 11.8 Å². The summed E-state index contributed by atoms with van der Waals surface area (Å²) in [6.07, 6.45) is -4.32. The molecule has 3 nitrogen and oxygen atoms in total. The van der Waals surface area contributed by atoms with E-state index >= 15 is 0 Å². The van der Waals surface area contributed by atoms with Crippen LogP contribution in [0.15, 0.2) is 42.5 Å². The molecule has 0 aromatic heterocycles. The van der Waals surface area contributed by atoms with E-state index in [2.05, 4.69) is 11.8 Å². The number of anilines is 1. The van der Waals surface area contributed by atoms with E-state index in [9.17, 15) is 13.2 Å². The summed E-state index contributed by atoms with van der Waals surface area (Å²) in [6, 6.07) is 11.6. The second-order valence-electron chi connectivity index (χ2n) is 6.47. The minimum Gasteiger partial charge on any atom is -0.454 e. The van der Waals surface area contributed by atoms with Gasteiger partial charge in [0, 0.05) is 29.3 Å². The highest BCUT2D eigenvalue weighted by Crippen LogP contribution is 2.42. The highest BCUT2D eigenvalue weighted by Gasteiger charge is 2.33. The summed E-state index contributed by atoms with van der Waals surface area (Å²) in [6.45, 7) is 2.35. The second kappa shape index (κ2) is 6.61. The number of halogens is 3. The number of thioether (sulfide) groups is 1. The Balaban J connectivity index is 1.67. The number of rotatable bonds is 2. The Labute approximate surface area is 154 Å². The maximum atomic E-state index is 12.9. The first-order chi connectivity index (χ1) is 12.4. The number of benzene rings is 2. The van der Waals surface area contributed by atoms with Gasteiger partial charge in [-0.1, -0.05) is 12.1 Å². The second-order valence-corrected chi connectivity index (χ2v) is 7.54. The Morgan fingerprint density at radius 2 is 1.73 bits per heavy atom. The third-order valence-corrected chi connectivity index (χ3v) is 5.99. The standard InChI is InChI=1S/C19H18F3NO2S/c1-12-9-26-10-16(13-2-4-14(5-3-13)19(20,21)22)23(12)15-6-7-17-18(8-15)25-11-24-17/h2-8,12,16H,9-11H2,1H3. The molecule has 2 aromatic rings. The first-order valence-corrected chi connectivity index (χ1v) is 9.52. The normalized spacial score (nSPS) is 22.5. The SMILES string of the molecule is CC1CSCC(c2ccc(C(F)(F)F)cc2)N1c1ccc2c(c1)OCO2. The van der Waals surface area contributed by atoms with Gasteiger partial charge >= 0.3 is 6.18 Å². The highest BCUT2D eigenvalue weighted by molar-refractivity contribution is 7.99. The molecule has 138 valence electrons. The van der Waals surface area contributed by atoms with E-state index < -0.39 is 11.7 Å². The summed E-state index contributed by atoms with van der Waals surface area (Å²) in [5, 5.41) is 0. The molecule has 0 amide bonds. The monoisotopic (exact) mass is 381 g/mol. The first-order valence-electron chi connectivity index (χ1n) is 8.36. The van der Waals surface area contributed by atoms with Gasteiger partial charge in [0.15, 0.2) is 11.5 Å². The van der Waals surface area contributed by atoms with Gasteiger partial charge in [0.05, 0.1) is 11.6 Å². The van der Waals surface area contributed by atoms with Crippen LogP contribution in [0.1, 0.15) is 24.1 Å². The number of alkyl halides is 3. The lowest BCUT2D eigenvalue weighted by Crippen LogP contribution is -2.43. The van der Waals surface area contributed by atoms with Gasteiger partial charge in [0.2, 0.25) is 6.79 Å². The van der Waals surface area contributed by atoms with Crippen molar-refractivity contribution in [3.8, 4) is 11.5 Å². The average Bonchev–Trinajstić information content (AvgIpc) is 3.08. The molecule has 2 heterocycles. The molecule has 0 saturated carbocycles. The minimum absolute atomic E-state index is 0.00593. The molecule has 1 fully saturated rings. The molecule has 2 aromatic carbocycles. The summed E-state index contributed by atoms with van der Waals surface area (Å²) < 4.78 is 49.4. The number of ether oxygens (including phenoxy) is 2. The Bertz CT molecular complexity index is 794. The maximum absolute atomic E-state index is 12.9. The van der Waals surface area contributed by atoms with Crippen LogP contribution in [0.3, 0.4) is 0 Å². The number of hydrogen-bond donors (Lipinski definition) is 0. The van der Waals surface area contributed by atoms with Gasteiger partial charge in [-0.05, 0) is 36.8 Å². The minimum atomic E-state index is -4.32. The van der Waals surface area contributed by atoms with Crippen molar-refractivity contribution in [1.82, 2.24) is 0 Å². The van der Waals surface area contributed by atoms with Crippen molar-refractivity contribution >= 4 is 17.4 Å². The van der Waals surface area contributed by atoms with Crippen LogP contribution in [0.2, 0.25) is 0 Å². The van der Waals surface area contributed by atoms with Crippen LogP contribution in [0, 0.1) is 0 Å². The van der Waals surface area contributed by atoms with Crippen molar-refractivity contribution in [2.45, 2.75) is 25.2 Å². The van der Waals surface area contributed by atoms with Gasteiger partial charge in [-0.15, -0.1) is 0 Å². The zero-order chi connectivity index (χ0) is 18.3. The van der Waals surface area contributed by atoms with Crippen molar-refractivity contribution in [1.29, 1.82) is 0 Å². The smallest absolute Gasteiger partial charge is 0.416 e. The summed E-state index contributed by atoms with van der Waals surface area (Å²) in [7, 11) is 0. The maximum Gasteiger partial charge on any atom is 0.416 e.